The minimum Gasteiger partial charge on any atom is -0.352 e. The highest BCUT2D eigenvalue weighted by Gasteiger charge is 2.32. The van der Waals surface area contributed by atoms with E-state index in [0.717, 1.165) is 12.0 Å². The molecule has 1 aliphatic heterocycles. The second-order valence-corrected chi connectivity index (χ2v) is 10.2. The van der Waals surface area contributed by atoms with Crippen LogP contribution in [0.5, 0.6) is 0 Å². The number of hydrogen-bond donors (Lipinski definition) is 1. The van der Waals surface area contributed by atoms with Crippen molar-refractivity contribution in [3.05, 3.63) is 101 Å². The van der Waals surface area contributed by atoms with Crippen LogP contribution in [0.15, 0.2) is 78.9 Å². The van der Waals surface area contributed by atoms with Crippen molar-refractivity contribution in [2.45, 2.75) is 31.7 Å². The molecule has 1 aliphatic rings. The summed E-state index contributed by atoms with van der Waals surface area (Å²) in [4.78, 5) is 12.8. The van der Waals surface area contributed by atoms with E-state index < -0.39 is 10.0 Å². The van der Waals surface area contributed by atoms with Crippen molar-refractivity contribution in [1.29, 1.82) is 0 Å². The van der Waals surface area contributed by atoms with E-state index in [1.54, 1.807) is 12.1 Å². The van der Waals surface area contributed by atoms with Gasteiger partial charge < -0.3 is 5.32 Å². The van der Waals surface area contributed by atoms with Gasteiger partial charge in [0.1, 0.15) is 0 Å². The maximum absolute atomic E-state index is 12.8. The summed E-state index contributed by atoms with van der Waals surface area (Å²) < 4.78 is 25.7. The fourth-order valence-corrected chi connectivity index (χ4v) is 5.84. The van der Waals surface area contributed by atoms with Crippen LogP contribution in [0.1, 0.15) is 46.3 Å². The predicted octanol–water partition coefficient (Wildman–Crippen LogP) is 4.35. The molecule has 0 saturated heterocycles. The number of hydrogen-bond acceptors (Lipinski definition) is 3. The summed E-state index contributed by atoms with van der Waals surface area (Å²) in [5, 5.41) is 3.04. The Morgan fingerprint density at radius 2 is 1.59 bits per heavy atom. The molecule has 0 unspecified atom stereocenters. The molecule has 0 aliphatic carbocycles. The Morgan fingerprint density at radius 1 is 1.00 bits per heavy atom. The number of sulfonamides is 1. The number of amides is 1. The van der Waals surface area contributed by atoms with Gasteiger partial charge in [0.15, 0.2) is 0 Å². The molecule has 3 aromatic carbocycles. The van der Waals surface area contributed by atoms with Crippen LogP contribution in [-0.4, -0.2) is 33.2 Å². The monoisotopic (exact) mass is 448 g/mol. The lowest BCUT2D eigenvalue weighted by Gasteiger charge is -2.22. The number of carbonyl (C=O) groups excluding carboxylic acids is 1. The van der Waals surface area contributed by atoms with E-state index in [-0.39, 0.29) is 17.9 Å². The van der Waals surface area contributed by atoms with Gasteiger partial charge in [0.25, 0.3) is 5.91 Å². The third-order valence-corrected chi connectivity index (χ3v) is 7.25. The largest absolute Gasteiger partial charge is 0.352 e. The third-order valence-electron chi connectivity index (χ3n) is 5.97. The van der Waals surface area contributed by atoms with Gasteiger partial charge in [-0.15, -0.1) is 0 Å². The molecule has 0 saturated carbocycles. The molecule has 1 heterocycles. The lowest BCUT2D eigenvalue weighted by molar-refractivity contribution is 0.0952. The Labute approximate surface area is 190 Å². The number of benzene rings is 3. The van der Waals surface area contributed by atoms with Crippen molar-refractivity contribution in [2.24, 2.45) is 0 Å². The fraction of sp³-hybridized carbons (Fsp3) is 0.269. The number of anilines is 1. The van der Waals surface area contributed by atoms with Crippen LogP contribution in [0.4, 0.5) is 5.69 Å². The molecule has 4 rings (SSSR count). The van der Waals surface area contributed by atoms with Crippen molar-refractivity contribution >= 4 is 21.6 Å². The quantitative estimate of drug-likeness (QED) is 0.584. The van der Waals surface area contributed by atoms with E-state index in [9.17, 15) is 13.2 Å². The zero-order valence-electron chi connectivity index (χ0n) is 18.4. The number of nitrogens with zero attached hydrogens (tertiary/aromatic N) is 1. The Morgan fingerprint density at radius 3 is 2.16 bits per heavy atom. The van der Waals surface area contributed by atoms with Gasteiger partial charge >= 0.3 is 0 Å². The van der Waals surface area contributed by atoms with E-state index in [1.807, 2.05) is 49.4 Å². The topological polar surface area (TPSA) is 66.5 Å². The van der Waals surface area contributed by atoms with E-state index in [0.29, 0.717) is 24.2 Å². The van der Waals surface area contributed by atoms with Crippen molar-refractivity contribution in [3.8, 4) is 0 Å². The highest BCUT2D eigenvalue weighted by Crippen LogP contribution is 2.34. The molecule has 5 nitrogen and oxygen atoms in total. The smallest absolute Gasteiger partial charge is 0.251 e. The van der Waals surface area contributed by atoms with Crippen LogP contribution in [0.25, 0.3) is 0 Å². The van der Waals surface area contributed by atoms with Crippen LogP contribution >= 0.6 is 0 Å². The van der Waals surface area contributed by atoms with E-state index >= 15 is 0 Å². The maximum Gasteiger partial charge on any atom is 0.251 e. The van der Waals surface area contributed by atoms with Crippen LogP contribution in [0.3, 0.4) is 0 Å². The van der Waals surface area contributed by atoms with Gasteiger partial charge in [-0.1, -0.05) is 60.7 Å². The molecule has 0 bridgehead atoms. The summed E-state index contributed by atoms with van der Waals surface area (Å²) >= 11 is 0. The minimum atomic E-state index is -3.34. The molecular formula is C26H28N2O3S. The second kappa shape index (κ2) is 9.17. The first-order valence-corrected chi connectivity index (χ1v) is 12.7. The Balaban J connectivity index is 1.45. The molecule has 0 radical (unpaired) electrons. The van der Waals surface area contributed by atoms with Crippen LogP contribution < -0.4 is 9.62 Å². The van der Waals surface area contributed by atoms with Crippen molar-refractivity contribution in [2.75, 3.05) is 17.1 Å². The van der Waals surface area contributed by atoms with Gasteiger partial charge in [0.05, 0.1) is 11.9 Å². The molecular weight excluding hydrogens is 420 g/mol. The van der Waals surface area contributed by atoms with Gasteiger partial charge in [0.2, 0.25) is 10.0 Å². The fourth-order valence-electron chi connectivity index (χ4n) is 4.58. The lowest BCUT2D eigenvalue weighted by atomic mass is 9.88. The number of nitrogens with one attached hydrogen (secondary N) is 1. The van der Waals surface area contributed by atoms with Gasteiger partial charge in [-0.05, 0) is 54.7 Å². The first kappa shape index (κ1) is 22.1. The zero-order chi connectivity index (χ0) is 22.7. The van der Waals surface area contributed by atoms with Crippen LogP contribution in [0.2, 0.25) is 0 Å². The third kappa shape index (κ3) is 4.70. The molecule has 0 spiro atoms. The summed E-state index contributed by atoms with van der Waals surface area (Å²) in [6.07, 6.45) is 2.60. The zero-order valence-corrected chi connectivity index (χ0v) is 19.2. The predicted molar refractivity (Wildman–Crippen MR) is 129 cm³/mol. The molecule has 1 N–H and O–H groups in total. The molecule has 6 heteroatoms. The van der Waals surface area contributed by atoms with Crippen molar-refractivity contribution < 1.29 is 13.2 Å². The van der Waals surface area contributed by atoms with Crippen molar-refractivity contribution in [3.63, 3.8) is 0 Å². The SMILES string of the molecule is C[C@H]1Cc2cc(C(=O)NCCC(c3ccccc3)c3ccccc3)ccc2N1S(C)(=O)=O. The Kier molecular flexibility index (Phi) is 6.33. The lowest BCUT2D eigenvalue weighted by Crippen LogP contribution is -2.34. The number of fused-ring (bicyclic) bond motifs is 1. The molecule has 1 amide bonds. The summed E-state index contributed by atoms with van der Waals surface area (Å²) in [6, 6.07) is 25.8. The number of rotatable bonds is 7. The average Bonchev–Trinajstić information content (AvgIpc) is 3.13. The van der Waals surface area contributed by atoms with Gasteiger partial charge in [-0.3, -0.25) is 9.10 Å². The first-order valence-electron chi connectivity index (χ1n) is 10.8. The van der Waals surface area contributed by atoms with Crippen molar-refractivity contribution in [1.82, 2.24) is 5.32 Å². The Bertz CT molecular complexity index is 1150. The summed E-state index contributed by atoms with van der Waals surface area (Å²) in [6.45, 7) is 2.42. The summed E-state index contributed by atoms with van der Waals surface area (Å²) in [5.74, 6) is 0.0556. The molecule has 3 aromatic rings. The van der Waals surface area contributed by atoms with Gasteiger partial charge in [-0.2, -0.15) is 0 Å². The molecule has 0 aromatic heterocycles. The highest BCUT2D eigenvalue weighted by atomic mass is 32.2. The second-order valence-electron chi connectivity index (χ2n) is 8.37. The van der Waals surface area contributed by atoms with E-state index in [2.05, 4.69) is 29.6 Å². The standard InChI is InChI=1S/C26H28N2O3S/c1-19-17-23-18-22(13-14-25(23)28(19)32(2,30)31)26(29)27-16-15-24(20-9-5-3-6-10-20)21-11-7-4-8-12-21/h3-14,18-19,24H,15-17H2,1-2H3,(H,27,29)/t19-/m0/s1. The van der Waals surface area contributed by atoms with Crippen LogP contribution in [-0.2, 0) is 16.4 Å². The Hall–Kier alpha value is -3.12. The van der Waals surface area contributed by atoms with Gasteiger partial charge in [0, 0.05) is 24.1 Å². The van der Waals surface area contributed by atoms with E-state index in [4.69, 9.17) is 0 Å². The maximum atomic E-state index is 12.8. The average molecular weight is 449 g/mol. The van der Waals surface area contributed by atoms with Gasteiger partial charge in [-0.25, -0.2) is 8.42 Å². The number of carbonyl (C=O) groups is 1. The summed E-state index contributed by atoms with van der Waals surface area (Å²) in [5.41, 5.74) is 4.56. The summed E-state index contributed by atoms with van der Waals surface area (Å²) in [7, 11) is -3.34. The highest BCUT2D eigenvalue weighted by molar-refractivity contribution is 7.92. The molecule has 32 heavy (non-hydrogen) atoms. The normalized spacial score (nSPS) is 15.6. The molecule has 166 valence electrons. The van der Waals surface area contributed by atoms with E-state index in [1.165, 1.54) is 21.7 Å². The molecule has 1 atom stereocenters. The minimum absolute atomic E-state index is 0.141. The van der Waals surface area contributed by atoms with Crippen LogP contribution in [0, 0.1) is 0 Å². The first-order chi connectivity index (χ1) is 15.3. The molecule has 0 fully saturated rings.